The van der Waals surface area contributed by atoms with Crippen molar-refractivity contribution in [2.45, 2.75) is 50.4 Å². The van der Waals surface area contributed by atoms with E-state index in [1.54, 1.807) is 24.3 Å². The van der Waals surface area contributed by atoms with Gasteiger partial charge in [-0.15, -0.1) is 5.69 Å². The van der Waals surface area contributed by atoms with E-state index in [0.29, 0.717) is 35.5 Å². The number of nitrogens with zero attached hydrogens (tertiary/aromatic N) is 4. The first-order valence-electron chi connectivity index (χ1n) is 13.5. The van der Waals surface area contributed by atoms with E-state index in [9.17, 15) is 24.8 Å². The molecule has 1 heterocycles. The van der Waals surface area contributed by atoms with E-state index < -0.39 is 18.1 Å². The number of hydrogen-bond donors (Lipinski definition) is 1. The molecule has 10 heteroatoms. The van der Waals surface area contributed by atoms with E-state index in [1.165, 1.54) is 0 Å². The summed E-state index contributed by atoms with van der Waals surface area (Å²) in [5.74, 6) is -1.71. The molecule has 4 atom stereocenters. The zero-order chi connectivity index (χ0) is 28.1. The molecule has 1 N–H and O–H groups in total. The van der Waals surface area contributed by atoms with Gasteiger partial charge in [0, 0.05) is 45.9 Å². The molecule has 1 saturated carbocycles. The molecule has 3 aromatic carbocycles. The molecule has 9 nitrogen and oxygen atoms in total. The van der Waals surface area contributed by atoms with Crippen molar-refractivity contribution in [3.05, 3.63) is 117 Å². The number of benzene rings is 3. The van der Waals surface area contributed by atoms with E-state index in [4.69, 9.17) is 0 Å². The SMILES string of the molecule is O=C(O)[C@H](C[C@@H]1C[C@H]1[N+](=O)[O-])N=C(c1ccccc1)c1ccccc1[N-]C(=O)[C@@H]1CCCN1Cc1ccccc1.[Ni]. The number of nitro groups is 1. The maximum absolute atomic E-state index is 13.5. The van der Waals surface area contributed by atoms with Gasteiger partial charge < -0.3 is 15.2 Å². The Morgan fingerprint density at radius 3 is 2.34 bits per heavy atom. The molecule has 5 rings (SSSR count). The zero-order valence-corrected chi connectivity index (χ0v) is 23.3. The number of aliphatic imine (C=N–C) groups is 1. The van der Waals surface area contributed by atoms with Crippen LogP contribution in [0.5, 0.6) is 0 Å². The Labute approximate surface area is 248 Å². The second kappa shape index (κ2) is 13.7. The van der Waals surface area contributed by atoms with Gasteiger partial charge in [0.2, 0.25) is 6.04 Å². The Bertz CT molecular complexity index is 1400. The molecule has 0 radical (unpaired) electrons. The average Bonchev–Trinajstić information content (AvgIpc) is 3.59. The minimum absolute atomic E-state index is 0. The first-order chi connectivity index (χ1) is 19.4. The molecule has 0 unspecified atom stereocenters. The standard InChI is InChI=1S/C31H32N4O5.Ni/c36-30(27-16-9-17-34(27)20-21-10-3-1-4-11-21)33-25-15-8-7-14-24(25)29(22-12-5-2-6-13-22)32-26(31(37)38)18-23-19-28(23)35(39)40;/h1-8,10-15,23,26-28H,9,16-20H2,(H2,32,33,36,37,38);/p-1/t23-,26+,27+,28-;/m1./s1. The van der Waals surface area contributed by atoms with Crippen molar-refractivity contribution in [2.24, 2.45) is 10.9 Å². The average molecular weight is 598 g/mol. The van der Waals surface area contributed by atoms with Gasteiger partial charge in [-0.1, -0.05) is 84.9 Å². The predicted molar refractivity (Wildman–Crippen MR) is 151 cm³/mol. The molecule has 3 aromatic rings. The fourth-order valence-corrected chi connectivity index (χ4v) is 5.37. The monoisotopic (exact) mass is 597 g/mol. The van der Waals surface area contributed by atoms with Crippen LogP contribution in [0.25, 0.3) is 5.32 Å². The van der Waals surface area contributed by atoms with Crippen LogP contribution in [-0.4, -0.2) is 57.2 Å². The third-order valence-corrected chi connectivity index (χ3v) is 7.57. The minimum Gasteiger partial charge on any atom is -0.625 e. The number of carbonyl (C=O) groups excluding carboxylic acids is 1. The minimum atomic E-state index is -1.16. The van der Waals surface area contributed by atoms with Crippen LogP contribution < -0.4 is 0 Å². The van der Waals surface area contributed by atoms with Gasteiger partial charge in [-0.05, 0) is 36.9 Å². The van der Waals surface area contributed by atoms with E-state index in [-0.39, 0.29) is 45.7 Å². The van der Waals surface area contributed by atoms with Gasteiger partial charge in [0.05, 0.1) is 17.7 Å². The topological polar surface area (TPSA) is 127 Å². The van der Waals surface area contributed by atoms with Gasteiger partial charge in [-0.25, -0.2) is 4.79 Å². The van der Waals surface area contributed by atoms with E-state index in [2.05, 4.69) is 15.2 Å². The third-order valence-electron chi connectivity index (χ3n) is 7.57. The quantitative estimate of drug-likeness (QED) is 0.140. The van der Waals surface area contributed by atoms with Gasteiger partial charge in [0.1, 0.15) is 6.04 Å². The van der Waals surface area contributed by atoms with Gasteiger partial charge in [0.25, 0.3) is 0 Å². The van der Waals surface area contributed by atoms with Gasteiger partial charge in [-0.2, -0.15) is 0 Å². The van der Waals surface area contributed by atoms with Crippen molar-refractivity contribution in [2.75, 3.05) is 6.54 Å². The predicted octanol–water partition coefficient (Wildman–Crippen LogP) is 5.23. The molecule has 216 valence electrons. The fourth-order valence-electron chi connectivity index (χ4n) is 5.37. The number of rotatable bonds is 11. The molecule has 0 aromatic heterocycles. The van der Waals surface area contributed by atoms with Crippen LogP contribution in [-0.2, 0) is 32.6 Å². The Balaban J connectivity index is 0.00000387. The molecule has 0 bridgehead atoms. The largest absolute Gasteiger partial charge is 0.625 e. The summed E-state index contributed by atoms with van der Waals surface area (Å²) in [6.07, 6.45) is 2.06. The molecular formula is C31H31N4NiO5-. The van der Waals surface area contributed by atoms with E-state index in [1.807, 2.05) is 60.7 Å². The molecule has 41 heavy (non-hydrogen) atoms. The van der Waals surface area contributed by atoms with Crippen molar-refractivity contribution in [3.63, 3.8) is 0 Å². The van der Waals surface area contributed by atoms with Crippen molar-refractivity contribution < 1.29 is 36.1 Å². The number of para-hydroxylation sites is 1. The maximum Gasteiger partial charge on any atom is 0.328 e. The summed E-state index contributed by atoms with van der Waals surface area (Å²) in [4.78, 5) is 43.3. The van der Waals surface area contributed by atoms with Crippen molar-refractivity contribution in [1.29, 1.82) is 0 Å². The van der Waals surface area contributed by atoms with Crippen LogP contribution in [0.4, 0.5) is 5.69 Å². The van der Waals surface area contributed by atoms with Crippen LogP contribution in [0.15, 0.2) is 89.9 Å². The Hall–Kier alpha value is -3.88. The molecule has 1 saturated heterocycles. The Morgan fingerprint density at radius 2 is 1.68 bits per heavy atom. The van der Waals surface area contributed by atoms with Crippen LogP contribution >= 0.6 is 0 Å². The molecule has 1 aliphatic heterocycles. The summed E-state index contributed by atoms with van der Waals surface area (Å²) < 4.78 is 0. The van der Waals surface area contributed by atoms with Crippen LogP contribution in [0.3, 0.4) is 0 Å². The van der Waals surface area contributed by atoms with Crippen LogP contribution in [0.1, 0.15) is 42.4 Å². The van der Waals surface area contributed by atoms with Crippen LogP contribution in [0, 0.1) is 16.0 Å². The smallest absolute Gasteiger partial charge is 0.328 e. The second-order valence-electron chi connectivity index (χ2n) is 10.4. The van der Waals surface area contributed by atoms with Gasteiger partial charge >= 0.3 is 5.97 Å². The number of carbonyl (C=O) groups is 2. The third kappa shape index (κ3) is 7.45. The number of carboxylic acids is 1. The summed E-state index contributed by atoms with van der Waals surface area (Å²) in [5, 5.41) is 25.7. The zero-order valence-electron chi connectivity index (χ0n) is 22.3. The molecule has 2 fully saturated rings. The molecule has 1 amide bonds. The van der Waals surface area contributed by atoms with Crippen LogP contribution in [0.2, 0.25) is 0 Å². The maximum atomic E-state index is 13.5. The van der Waals surface area contributed by atoms with E-state index >= 15 is 0 Å². The summed E-state index contributed by atoms with van der Waals surface area (Å²) >= 11 is 0. The summed E-state index contributed by atoms with van der Waals surface area (Å²) in [6, 6.07) is 24.1. The number of likely N-dealkylation sites (tertiary alicyclic amines) is 1. The van der Waals surface area contributed by atoms with E-state index in [0.717, 1.165) is 24.9 Å². The first kappa shape index (κ1) is 30.1. The second-order valence-corrected chi connectivity index (χ2v) is 10.4. The normalized spacial score (nSPS) is 21.0. The number of amides is 1. The Kier molecular flexibility index (Phi) is 10.0. The molecule has 2 aliphatic rings. The molecule has 1 aliphatic carbocycles. The molecule has 0 spiro atoms. The Morgan fingerprint density at radius 1 is 1.02 bits per heavy atom. The first-order valence-corrected chi connectivity index (χ1v) is 13.5. The summed E-state index contributed by atoms with van der Waals surface area (Å²) in [6.45, 7) is 1.48. The van der Waals surface area contributed by atoms with Crippen molar-refractivity contribution in [1.82, 2.24) is 4.90 Å². The number of aliphatic carboxylic acids is 1. The summed E-state index contributed by atoms with van der Waals surface area (Å²) in [5.41, 5.74) is 3.17. The van der Waals surface area contributed by atoms with Gasteiger partial charge in [0.15, 0.2) is 0 Å². The summed E-state index contributed by atoms with van der Waals surface area (Å²) in [7, 11) is 0. The number of carboxylic acid groups (broad SMARTS) is 1. The fraction of sp³-hybridized carbons (Fsp3) is 0.323. The van der Waals surface area contributed by atoms with Gasteiger partial charge in [-0.3, -0.25) is 20.0 Å². The number of hydrogen-bond acceptors (Lipinski definition) is 6. The van der Waals surface area contributed by atoms with Crippen molar-refractivity contribution in [3.8, 4) is 0 Å². The molecular weight excluding hydrogens is 567 g/mol. The van der Waals surface area contributed by atoms with Crippen molar-refractivity contribution >= 4 is 23.3 Å².